The number of rotatable bonds is 13. The van der Waals surface area contributed by atoms with Gasteiger partial charge in [-0.1, -0.05) is 6.92 Å². The molecule has 1 unspecified atom stereocenters. The second-order valence-corrected chi connectivity index (χ2v) is 5.80. The SMILES string of the molecule is CC(CS(=O)(=O)O)N[C-]=O.CCCOCCOCCNC=O.O=CO.[Fm]. The molecule has 0 aromatic heterocycles. The van der Waals surface area contributed by atoms with Gasteiger partial charge in [0.15, 0.2) is 0 Å². The molecule has 0 aliphatic rings. The summed E-state index contributed by atoms with van der Waals surface area (Å²) in [6.07, 6.45) is 3.01. The molecule has 0 spiro atoms. The van der Waals surface area contributed by atoms with Crippen LogP contribution in [0.3, 0.4) is 0 Å². The van der Waals surface area contributed by atoms with Crippen LogP contribution in [0.25, 0.3) is 0 Å². The van der Waals surface area contributed by atoms with Gasteiger partial charge in [0.05, 0.1) is 25.6 Å². The van der Waals surface area contributed by atoms with Crippen LogP contribution >= 0.6 is 0 Å². The molecule has 26 heavy (non-hydrogen) atoms. The molecule has 13 heteroatoms. The molecule has 1 atom stereocenters. The normalized spacial score (nSPS) is 10.4. The zero-order valence-electron chi connectivity index (χ0n) is 14.6. The summed E-state index contributed by atoms with van der Waals surface area (Å²) in [4.78, 5) is 27.7. The minimum atomic E-state index is -3.99. The summed E-state index contributed by atoms with van der Waals surface area (Å²) in [6, 6.07) is -0.604. The molecule has 11 nitrogen and oxygen atoms in total. The number of amides is 2. The van der Waals surface area contributed by atoms with E-state index in [0.717, 1.165) is 13.0 Å². The first-order valence-electron chi connectivity index (χ1n) is 7.27. The van der Waals surface area contributed by atoms with Crippen molar-refractivity contribution >= 4 is 29.4 Å². The maximum Gasteiger partial charge on any atom is 0.290 e. The molecule has 0 aromatic rings. The van der Waals surface area contributed by atoms with E-state index in [9.17, 15) is 18.0 Å². The Morgan fingerprint density at radius 1 is 1.15 bits per heavy atom. The second kappa shape index (κ2) is 24.5. The van der Waals surface area contributed by atoms with Gasteiger partial charge in [0.2, 0.25) is 6.41 Å². The standard InChI is InChI=1S/C8H17NO3.C4H8NO4S.CH2O2.Fm/c1-2-4-11-6-7-12-5-3-9-8-10;1-4(5-3-6)2-10(7,8)9;2-1-3;/h8H,2-7H2,1H3,(H,9,10);4H,2H2,1H3,(H,5,6)(H,7,8,9);1H,(H,2,3);/q;-1;;. The summed E-state index contributed by atoms with van der Waals surface area (Å²) in [5.41, 5.74) is 0. The topological polar surface area (TPSA) is 168 Å². The third kappa shape index (κ3) is 42.9. The van der Waals surface area contributed by atoms with Crippen LogP contribution in [0.4, 0.5) is 0 Å². The Balaban J connectivity index is -0.000000158. The largest absolute Gasteiger partial charge is 0.527 e. The Labute approximate surface area is 147 Å². The Morgan fingerprint density at radius 3 is 2.04 bits per heavy atom. The molecule has 0 aliphatic carbocycles. The molecular formula is C13H27FmN2O9S-. The van der Waals surface area contributed by atoms with E-state index in [-0.39, 0.29) is 6.47 Å². The Morgan fingerprint density at radius 2 is 1.65 bits per heavy atom. The number of carboxylic acid groups (broad SMARTS) is 1. The fourth-order valence-electron chi connectivity index (χ4n) is 1.11. The fourth-order valence-corrected chi connectivity index (χ4v) is 1.83. The number of hydrogen-bond donors (Lipinski definition) is 4. The molecule has 4 N–H and O–H groups in total. The van der Waals surface area contributed by atoms with Crippen molar-refractivity contribution in [3.05, 3.63) is 0 Å². The van der Waals surface area contributed by atoms with Gasteiger partial charge in [-0.25, -0.2) is 0 Å². The van der Waals surface area contributed by atoms with Crippen molar-refractivity contribution in [1.82, 2.24) is 10.6 Å². The molecule has 0 radical (unpaired) electrons. The Hall–Kier alpha value is -2.76. The summed E-state index contributed by atoms with van der Waals surface area (Å²) in [5.74, 6) is -0.484. The maximum absolute atomic E-state index is 10.1. The van der Waals surface area contributed by atoms with Gasteiger partial charge in [-0.2, -0.15) is 14.8 Å². The average molecular weight is 644 g/mol. The van der Waals surface area contributed by atoms with Gasteiger partial charge in [0, 0.05) is 19.2 Å². The smallest absolute Gasteiger partial charge is 0.290 e. The first kappa shape index (κ1) is 31.1. The van der Waals surface area contributed by atoms with Gasteiger partial charge in [-0.15, -0.1) is 0 Å². The molecule has 0 bridgehead atoms. The number of ether oxygens (including phenoxy) is 2. The van der Waals surface area contributed by atoms with E-state index in [0.29, 0.717) is 32.8 Å². The first-order valence-corrected chi connectivity index (χ1v) is 8.88. The third-order valence-corrected chi connectivity index (χ3v) is 2.88. The molecule has 2 amide bonds. The molecule has 0 fully saturated rings. The summed E-state index contributed by atoms with van der Waals surface area (Å²) >= 11 is 0. The number of carbonyl (C=O) groups excluding carboxylic acids is 2. The molecule has 0 aliphatic heterocycles. The van der Waals surface area contributed by atoms with E-state index in [4.69, 9.17) is 23.9 Å². The van der Waals surface area contributed by atoms with Crippen molar-refractivity contribution in [3.63, 3.8) is 0 Å². The van der Waals surface area contributed by atoms with Crippen LogP contribution in [-0.2, 0) is 34.0 Å². The van der Waals surface area contributed by atoms with E-state index in [1.54, 1.807) is 0 Å². The van der Waals surface area contributed by atoms with Crippen LogP contribution in [-0.4, -0.2) is 82.1 Å². The molecular weight excluding hydrogens is 617 g/mol. The summed E-state index contributed by atoms with van der Waals surface area (Å²) in [6.45, 7) is 6.39. The van der Waals surface area contributed by atoms with Gasteiger partial charge in [-0.3, -0.25) is 14.1 Å². The molecule has 0 heterocycles. The predicted octanol–water partition coefficient (Wildman–Crippen LogP) is -1.20. The van der Waals surface area contributed by atoms with Gasteiger partial charge in [0.25, 0.3) is 16.6 Å². The third-order valence-electron chi connectivity index (χ3n) is 1.96. The van der Waals surface area contributed by atoms with Crippen LogP contribution in [0, 0.1) is 0 Å². The van der Waals surface area contributed by atoms with Crippen LogP contribution in [0.5, 0.6) is 0 Å². The van der Waals surface area contributed by atoms with Crippen molar-refractivity contribution in [2.24, 2.45) is 0 Å². The molecule has 0 rings (SSSR count). The molecule has 0 aromatic carbocycles. The quantitative estimate of drug-likeness (QED) is 0.0633. The summed E-state index contributed by atoms with van der Waals surface area (Å²) < 4.78 is 38.7. The van der Waals surface area contributed by atoms with E-state index in [1.807, 2.05) is 0 Å². The number of carbonyl (C=O) groups is 2. The average Bonchev–Trinajstić information content (AvgIpc) is 2.50. The zero-order chi connectivity index (χ0) is 20.0. The van der Waals surface area contributed by atoms with Gasteiger partial charge < -0.3 is 30.0 Å². The summed E-state index contributed by atoms with van der Waals surface area (Å²) in [7, 11) is -3.99. The maximum atomic E-state index is 10.1. The Kier molecular flexibility index (Phi) is 29.3. The number of nitrogens with one attached hydrogen (secondary N) is 2. The Bertz CT molecular complexity index is 410. The molecule has 0 saturated carbocycles. The second-order valence-electron chi connectivity index (χ2n) is 4.30. The van der Waals surface area contributed by atoms with E-state index < -0.39 is 21.9 Å². The fraction of sp³-hybridized carbons (Fsp3) is 0.769. The van der Waals surface area contributed by atoms with Crippen LogP contribution in [0.15, 0.2) is 0 Å². The van der Waals surface area contributed by atoms with E-state index >= 15 is 0 Å². The minimum Gasteiger partial charge on any atom is -0.527 e. The van der Waals surface area contributed by atoms with Gasteiger partial charge >= 0.3 is 0 Å². The first-order chi connectivity index (χ1) is 11.8. The summed E-state index contributed by atoms with van der Waals surface area (Å²) in [5, 5.41) is 11.5. The van der Waals surface area contributed by atoms with Crippen molar-refractivity contribution in [2.45, 2.75) is 26.3 Å². The van der Waals surface area contributed by atoms with Gasteiger partial charge in [-0.05, 0) is 13.3 Å². The van der Waals surface area contributed by atoms with Crippen molar-refractivity contribution in [3.8, 4) is 0 Å². The monoisotopic (exact) mass is 644 g/mol. The number of hydrogen-bond acceptors (Lipinski definition) is 7. The van der Waals surface area contributed by atoms with Gasteiger partial charge in [0.1, 0.15) is 0 Å². The van der Waals surface area contributed by atoms with Crippen LogP contribution < -0.4 is 10.6 Å². The van der Waals surface area contributed by atoms with E-state index in [1.165, 1.54) is 13.3 Å². The van der Waals surface area contributed by atoms with Crippen molar-refractivity contribution < 1.29 is 41.9 Å². The van der Waals surface area contributed by atoms with E-state index in [2.05, 4.69) is 17.6 Å². The van der Waals surface area contributed by atoms with Crippen molar-refractivity contribution in [2.75, 3.05) is 38.7 Å². The van der Waals surface area contributed by atoms with Crippen LogP contribution in [0.2, 0.25) is 0 Å². The molecule has 162 valence electrons. The minimum absolute atomic E-state index is 0. The molecule has 0 saturated heterocycles. The van der Waals surface area contributed by atoms with Crippen LogP contribution in [0.1, 0.15) is 20.3 Å². The zero-order valence-corrected chi connectivity index (χ0v) is 17.9. The predicted molar refractivity (Wildman–Crippen MR) is 89.4 cm³/mol. The van der Waals surface area contributed by atoms with Crippen molar-refractivity contribution in [1.29, 1.82) is 0 Å².